The van der Waals surface area contributed by atoms with Gasteiger partial charge in [0.25, 0.3) is 0 Å². The molecule has 4 nitrogen and oxygen atoms in total. The number of hydrogen-bond acceptors (Lipinski definition) is 4. The van der Waals surface area contributed by atoms with E-state index in [1.165, 1.54) is 0 Å². The van der Waals surface area contributed by atoms with E-state index in [9.17, 15) is 0 Å². The lowest BCUT2D eigenvalue weighted by Gasteiger charge is -2.02. The summed E-state index contributed by atoms with van der Waals surface area (Å²) < 4.78 is 2.00. The first kappa shape index (κ1) is 11.9. The first-order valence-electron chi connectivity index (χ1n) is 6.01. The Labute approximate surface area is 115 Å². The molecule has 3 rings (SSSR count). The van der Waals surface area contributed by atoms with E-state index in [1.54, 1.807) is 11.3 Å². The molecule has 0 bridgehead atoms. The van der Waals surface area contributed by atoms with Crippen LogP contribution in [0.25, 0.3) is 11.0 Å². The van der Waals surface area contributed by atoms with Crippen molar-refractivity contribution in [3.05, 3.63) is 46.7 Å². The van der Waals surface area contributed by atoms with Gasteiger partial charge in [-0.05, 0) is 30.5 Å². The molecule has 0 radical (unpaired) electrons. The van der Waals surface area contributed by atoms with Crippen molar-refractivity contribution < 1.29 is 0 Å². The molecule has 0 atom stereocenters. The zero-order valence-electron chi connectivity index (χ0n) is 10.8. The summed E-state index contributed by atoms with van der Waals surface area (Å²) in [5.41, 5.74) is 6.06. The molecule has 1 N–H and O–H groups in total. The number of thiophene rings is 1. The Balaban J connectivity index is 1.90. The van der Waals surface area contributed by atoms with Crippen molar-refractivity contribution in [1.29, 1.82) is 0 Å². The van der Waals surface area contributed by atoms with Gasteiger partial charge in [0.2, 0.25) is 5.95 Å². The highest BCUT2D eigenvalue weighted by Gasteiger charge is 2.06. The van der Waals surface area contributed by atoms with Crippen molar-refractivity contribution in [2.24, 2.45) is 12.1 Å². The number of para-hydroxylation sites is 2. The van der Waals surface area contributed by atoms with Gasteiger partial charge in [0.15, 0.2) is 0 Å². The van der Waals surface area contributed by atoms with Gasteiger partial charge in [0, 0.05) is 11.9 Å². The number of hydrogen-bond donors (Lipinski definition) is 1. The summed E-state index contributed by atoms with van der Waals surface area (Å²) in [6.07, 6.45) is 0. The van der Waals surface area contributed by atoms with Gasteiger partial charge >= 0.3 is 0 Å². The second-order valence-corrected chi connectivity index (χ2v) is 5.22. The average molecular weight is 270 g/mol. The molecule has 0 aliphatic carbocycles. The molecule has 2 aromatic heterocycles. The number of aryl methyl sites for hydroxylation is 1. The highest BCUT2D eigenvalue weighted by atomic mass is 32.1. The first-order chi connectivity index (χ1) is 9.25. The van der Waals surface area contributed by atoms with E-state index < -0.39 is 0 Å². The Bertz CT molecular complexity index is 725. The van der Waals surface area contributed by atoms with Crippen LogP contribution in [0, 0.1) is 0 Å². The highest BCUT2D eigenvalue weighted by Crippen LogP contribution is 2.18. The van der Waals surface area contributed by atoms with Crippen molar-refractivity contribution >= 4 is 34.0 Å². The lowest BCUT2D eigenvalue weighted by molar-refractivity contribution is 0.942. The number of nitrogens with zero attached hydrogens (tertiary/aromatic N) is 3. The molecule has 0 saturated carbocycles. The quantitative estimate of drug-likeness (QED) is 0.585. The van der Waals surface area contributed by atoms with Gasteiger partial charge in [-0.1, -0.05) is 18.2 Å². The summed E-state index contributed by atoms with van der Waals surface area (Å²) in [5.74, 6) is 0.747. The summed E-state index contributed by atoms with van der Waals surface area (Å²) in [6, 6.07) is 12.1. The molecule has 5 heteroatoms. The highest BCUT2D eigenvalue weighted by molar-refractivity contribution is 7.12. The van der Waals surface area contributed by atoms with E-state index in [-0.39, 0.29) is 0 Å². The maximum Gasteiger partial charge on any atom is 0.224 e. The normalized spacial score (nSPS) is 12.0. The van der Waals surface area contributed by atoms with Gasteiger partial charge in [-0.2, -0.15) is 5.10 Å². The molecule has 2 heterocycles. The summed E-state index contributed by atoms with van der Waals surface area (Å²) in [4.78, 5) is 5.67. The number of rotatable bonds is 3. The lowest BCUT2D eigenvalue weighted by atomic mass is 10.3. The van der Waals surface area contributed by atoms with E-state index in [0.29, 0.717) is 0 Å². The minimum atomic E-state index is 0.747. The molecule has 19 heavy (non-hydrogen) atoms. The second kappa shape index (κ2) is 4.85. The Morgan fingerprint density at radius 2 is 2.11 bits per heavy atom. The van der Waals surface area contributed by atoms with Crippen molar-refractivity contribution in [2.75, 3.05) is 5.43 Å². The van der Waals surface area contributed by atoms with Crippen LogP contribution in [0.2, 0.25) is 0 Å². The van der Waals surface area contributed by atoms with Crippen molar-refractivity contribution in [3.8, 4) is 0 Å². The maximum absolute atomic E-state index is 4.51. The molecule has 0 fully saturated rings. The maximum atomic E-state index is 4.51. The van der Waals surface area contributed by atoms with Crippen LogP contribution < -0.4 is 5.43 Å². The molecule has 0 aliphatic heterocycles. The third-order valence-electron chi connectivity index (χ3n) is 2.99. The van der Waals surface area contributed by atoms with E-state index in [0.717, 1.165) is 27.6 Å². The second-order valence-electron chi connectivity index (χ2n) is 4.27. The Kier molecular flexibility index (Phi) is 3.05. The minimum Gasteiger partial charge on any atom is -0.312 e. The molecule has 1 aromatic carbocycles. The van der Waals surface area contributed by atoms with E-state index in [4.69, 9.17) is 0 Å². The fourth-order valence-corrected chi connectivity index (χ4v) is 2.60. The molecule has 0 unspecified atom stereocenters. The molecule has 0 spiro atoms. The summed E-state index contributed by atoms with van der Waals surface area (Å²) >= 11 is 1.68. The van der Waals surface area contributed by atoms with Gasteiger partial charge in [-0.3, -0.25) is 0 Å². The van der Waals surface area contributed by atoms with Crippen LogP contribution in [-0.4, -0.2) is 15.3 Å². The SMILES string of the molecule is C/C(=N\Nc1nc2ccccc2n1C)c1cccs1. The predicted molar refractivity (Wildman–Crippen MR) is 80.9 cm³/mol. The zero-order valence-corrected chi connectivity index (χ0v) is 11.6. The monoisotopic (exact) mass is 270 g/mol. The van der Waals surface area contributed by atoms with Gasteiger partial charge in [-0.15, -0.1) is 11.3 Å². The largest absolute Gasteiger partial charge is 0.312 e. The van der Waals surface area contributed by atoms with Gasteiger partial charge in [0.05, 0.1) is 16.7 Å². The van der Waals surface area contributed by atoms with Gasteiger partial charge in [0.1, 0.15) is 0 Å². The first-order valence-corrected chi connectivity index (χ1v) is 6.89. The molecule has 3 aromatic rings. The van der Waals surface area contributed by atoms with Crippen LogP contribution in [0.5, 0.6) is 0 Å². The number of imidazole rings is 1. The lowest BCUT2D eigenvalue weighted by Crippen LogP contribution is -2.02. The van der Waals surface area contributed by atoms with E-state index >= 15 is 0 Å². The van der Waals surface area contributed by atoms with Crippen LogP contribution in [0.15, 0.2) is 46.9 Å². The van der Waals surface area contributed by atoms with E-state index in [1.807, 2.05) is 54.3 Å². The van der Waals surface area contributed by atoms with Gasteiger partial charge in [-0.25, -0.2) is 10.4 Å². The van der Waals surface area contributed by atoms with Crippen LogP contribution >= 0.6 is 11.3 Å². The smallest absolute Gasteiger partial charge is 0.224 e. The molecular weight excluding hydrogens is 256 g/mol. The standard InChI is InChI=1S/C14H14N4S/c1-10(13-8-5-9-19-13)16-17-14-15-11-6-3-4-7-12(11)18(14)2/h3-9H,1-2H3,(H,15,17)/b16-10+. The molecule has 0 saturated heterocycles. The average Bonchev–Trinajstić information content (AvgIpc) is 3.05. The van der Waals surface area contributed by atoms with Crippen LogP contribution in [-0.2, 0) is 7.05 Å². The Morgan fingerprint density at radius 3 is 2.84 bits per heavy atom. The van der Waals surface area contributed by atoms with Crippen LogP contribution in [0.3, 0.4) is 0 Å². The van der Waals surface area contributed by atoms with Gasteiger partial charge < -0.3 is 4.57 Å². The number of aromatic nitrogens is 2. The Hall–Kier alpha value is -2.14. The number of fused-ring (bicyclic) bond motifs is 1. The third kappa shape index (κ3) is 2.24. The van der Waals surface area contributed by atoms with E-state index in [2.05, 4.69) is 21.6 Å². The number of anilines is 1. The minimum absolute atomic E-state index is 0.747. The molecule has 0 aliphatic rings. The van der Waals surface area contributed by atoms with Crippen LogP contribution in [0.4, 0.5) is 5.95 Å². The molecule has 96 valence electrons. The summed E-state index contributed by atoms with van der Waals surface area (Å²) in [5, 5.41) is 6.43. The number of benzene rings is 1. The van der Waals surface area contributed by atoms with Crippen molar-refractivity contribution in [3.63, 3.8) is 0 Å². The summed E-state index contributed by atoms with van der Waals surface area (Å²) in [6.45, 7) is 1.99. The van der Waals surface area contributed by atoms with Crippen molar-refractivity contribution in [2.45, 2.75) is 6.92 Å². The van der Waals surface area contributed by atoms with Crippen molar-refractivity contribution in [1.82, 2.24) is 9.55 Å². The zero-order chi connectivity index (χ0) is 13.2. The third-order valence-corrected chi connectivity index (χ3v) is 3.97. The number of nitrogens with one attached hydrogen (secondary N) is 1. The molecular formula is C14H14N4S. The summed E-state index contributed by atoms with van der Waals surface area (Å²) in [7, 11) is 1.98. The topological polar surface area (TPSA) is 42.2 Å². The predicted octanol–water partition coefficient (Wildman–Crippen LogP) is 3.47. The fraction of sp³-hybridized carbons (Fsp3) is 0.143. The Morgan fingerprint density at radius 1 is 1.26 bits per heavy atom. The van der Waals surface area contributed by atoms with Crippen LogP contribution in [0.1, 0.15) is 11.8 Å². The fourth-order valence-electron chi connectivity index (χ4n) is 1.92. The molecule has 0 amide bonds. The number of hydrazone groups is 1.